The lowest BCUT2D eigenvalue weighted by Gasteiger charge is -2.17. The van der Waals surface area contributed by atoms with E-state index in [-0.39, 0.29) is 12.6 Å². The van der Waals surface area contributed by atoms with Crippen LogP contribution in [0.4, 0.5) is 0 Å². The summed E-state index contributed by atoms with van der Waals surface area (Å²) in [5.74, 6) is 1.63. The van der Waals surface area contributed by atoms with Gasteiger partial charge in [0.05, 0.1) is 10.3 Å². The van der Waals surface area contributed by atoms with E-state index in [4.69, 9.17) is 9.47 Å². The van der Waals surface area contributed by atoms with Gasteiger partial charge in [0.15, 0.2) is 11.5 Å². The highest BCUT2D eigenvalue weighted by molar-refractivity contribution is 7.89. The number of fused-ring (bicyclic) bond motifs is 1. The van der Waals surface area contributed by atoms with Crippen LogP contribution in [-0.4, -0.2) is 38.9 Å². The number of ketones is 1. The normalized spacial score (nSPS) is 15.7. The van der Waals surface area contributed by atoms with E-state index in [2.05, 4.69) is 6.07 Å². The van der Waals surface area contributed by atoms with Gasteiger partial charge in [-0.25, -0.2) is 12.7 Å². The molecule has 0 aromatic heterocycles. The number of benzene rings is 3. The summed E-state index contributed by atoms with van der Waals surface area (Å²) in [6.45, 7) is 4.79. The lowest BCUT2D eigenvalue weighted by molar-refractivity contribution is -0.120. The van der Waals surface area contributed by atoms with Crippen LogP contribution < -0.4 is 9.47 Å². The predicted octanol–water partition coefficient (Wildman–Crippen LogP) is 5.65. The minimum absolute atomic E-state index is 0.206. The summed E-state index contributed by atoms with van der Waals surface area (Å²) in [7, 11) is -1.89. The van der Waals surface area contributed by atoms with Gasteiger partial charge < -0.3 is 9.47 Å². The fraction of sp³-hybridized carbons (Fsp3) is 0.367. The Morgan fingerprint density at radius 3 is 2.41 bits per heavy atom. The quantitative estimate of drug-likeness (QED) is 0.346. The van der Waals surface area contributed by atoms with E-state index in [0.717, 1.165) is 59.3 Å². The minimum atomic E-state index is -3.51. The molecule has 1 aliphatic carbocycles. The molecule has 0 spiro atoms. The van der Waals surface area contributed by atoms with Gasteiger partial charge >= 0.3 is 0 Å². The third-order valence-corrected chi connectivity index (χ3v) is 9.45. The molecule has 1 aliphatic heterocycles. The number of unbranched alkanes of at least 4 members (excludes halogenated alkanes) is 1. The lowest BCUT2D eigenvalue weighted by Crippen LogP contribution is -2.27. The van der Waals surface area contributed by atoms with E-state index >= 15 is 0 Å². The van der Waals surface area contributed by atoms with E-state index in [9.17, 15) is 13.2 Å². The fourth-order valence-electron chi connectivity index (χ4n) is 4.98. The zero-order chi connectivity index (χ0) is 26.2. The summed E-state index contributed by atoms with van der Waals surface area (Å²) >= 11 is 0. The molecule has 0 saturated heterocycles. The van der Waals surface area contributed by atoms with E-state index in [1.54, 1.807) is 19.2 Å². The van der Waals surface area contributed by atoms with Crippen LogP contribution in [0.5, 0.6) is 11.5 Å². The van der Waals surface area contributed by atoms with Crippen LogP contribution in [0.25, 0.3) is 11.1 Å². The second-order valence-corrected chi connectivity index (χ2v) is 12.1. The van der Waals surface area contributed by atoms with E-state index in [1.807, 2.05) is 56.3 Å². The average molecular weight is 520 g/mol. The molecule has 194 valence electrons. The van der Waals surface area contributed by atoms with Crippen molar-refractivity contribution in [3.8, 4) is 22.6 Å². The Bertz CT molecular complexity index is 1420. The van der Waals surface area contributed by atoms with Crippen molar-refractivity contribution in [1.82, 2.24) is 4.31 Å². The number of sulfonamides is 1. The van der Waals surface area contributed by atoms with Crippen LogP contribution in [0.1, 0.15) is 49.3 Å². The first-order valence-electron chi connectivity index (χ1n) is 12.8. The first kappa shape index (κ1) is 25.5. The molecule has 0 atom stereocenters. The number of hydrogen-bond acceptors (Lipinski definition) is 5. The van der Waals surface area contributed by atoms with Gasteiger partial charge in [-0.1, -0.05) is 49.7 Å². The van der Waals surface area contributed by atoms with Gasteiger partial charge in [-0.15, -0.1) is 0 Å². The number of nitrogens with zero attached hydrogens (tertiary/aromatic N) is 1. The highest BCUT2D eigenvalue weighted by Crippen LogP contribution is 2.51. The molecular formula is C30H33NO5S. The first-order chi connectivity index (χ1) is 17.7. The zero-order valence-corrected chi connectivity index (χ0v) is 22.4. The molecule has 0 unspecified atom stereocenters. The van der Waals surface area contributed by atoms with Crippen molar-refractivity contribution in [3.05, 3.63) is 77.4 Å². The van der Waals surface area contributed by atoms with E-state index in [1.165, 1.54) is 4.31 Å². The maximum absolute atomic E-state index is 13.5. The van der Waals surface area contributed by atoms with Crippen molar-refractivity contribution in [3.63, 3.8) is 0 Å². The standard InChI is InChI=1S/C30H33NO5S/c1-4-5-16-31(3)37(33,34)25-11-8-23(9-12-25)26-17-22(7-6-21(26)2)18-29(32)30(14-15-30)24-10-13-27-28(19-24)36-20-35-27/h6-13,17,19H,4-5,14-16,18,20H2,1-3H3. The van der Waals surface area contributed by atoms with Crippen molar-refractivity contribution in [1.29, 1.82) is 0 Å². The van der Waals surface area contributed by atoms with Gasteiger partial charge in [0.2, 0.25) is 16.8 Å². The molecule has 7 heteroatoms. The van der Waals surface area contributed by atoms with Gasteiger partial charge in [-0.3, -0.25) is 4.79 Å². The van der Waals surface area contributed by atoms with Gasteiger partial charge in [-0.2, -0.15) is 0 Å². The summed E-state index contributed by atoms with van der Waals surface area (Å²) in [5, 5.41) is 0. The summed E-state index contributed by atoms with van der Waals surface area (Å²) in [5.41, 5.74) is 4.50. The van der Waals surface area contributed by atoms with E-state index < -0.39 is 15.4 Å². The molecule has 1 saturated carbocycles. The second-order valence-electron chi connectivity index (χ2n) is 10.1. The van der Waals surface area contributed by atoms with E-state index in [0.29, 0.717) is 23.6 Å². The molecule has 3 aromatic carbocycles. The maximum Gasteiger partial charge on any atom is 0.242 e. The van der Waals surface area contributed by atoms with Crippen molar-refractivity contribution in [2.45, 2.75) is 56.3 Å². The third kappa shape index (κ3) is 4.90. The van der Waals surface area contributed by atoms with Crippen molar-refractivity contribution < 1.29 is 22.7 Å². The number of rotatable bonds is 10. The highest BCUT2D eigenvalue weighted by Gasteiger charge is 2.50. The number of carbonyl (C=O) groups excluding carboxylic acids is 1. The summed E-state index contributed by atoms with van der Waals surface area (Å²) < 4.78 is 38.1. The second kappa shape index (κ2) is 9.95. The molecule has 5 rings (SSSR count). The average Bonchev–Trinajstić information content (AvgIpc) is 3.59. The summed E-state index contributed by atoms with van der Waals surface area (Å²) in [4.78, 5) is 13.8. The molecule has 0 radical (unpaired) electrons. The monoisotopic (exact) mass is 519 g/mol. The lowest BCUT2D eigenvalue weighted by atomic mass is 9.87. The van der Waals surface area contributed by atoms with Crippen LogP contribution in [0.2, 0.25) is 0 Å². The van der Waals surface area contributed by atoms with Crippen LogP contribution in [0, 0.1) is 6.92 Å². The van der Waals surface area contributed by atoms with Crippen molar-refractivity contribution in [2.75, 3.05) is 20.4 Å². The molecule has 0 bridgehead atoms. The molecule has 37 heavy (non-hydrogen) atoms. The minimum Gasteiger partial charge on any atom is -0.454 e. The Kier molecular flexibility index (Phi) is 6.86. The van der Waals surface area contributed by atoms with Crippen LogP contribution in [-0.2, 0) is 26.7 Å². The van der Waals surface area contributed by atoms with Gasteiger partial charge in [0.1, 0.15) is 5.78 Å². The Morgan fingerprint density at radius 1 is 0.973 bits per heavy atom. The number of carbonyl (C=O) groups is 1. The fourth-order valence-corrected chi connectivity index (χ4v) is 6.19. The number of aryl methyl sites for hydroxylation is 1. The molecular weight excluding hydrogens is 486 g/mol. The Morgan fingerprint density at radius 2 is 1.70 bits per heavy atom. The Hall–Kier alpha value is -3.16. The van der Waals surface area contributed by atoms with Crippen LogP contribution >= 0.6 is 0 Å². The number of hydrogen-bond donors (Lipinski definition) is 0. The molecule has 3 aromatic rings. The molecule has 0 amide bonds. The van der Waals surface area contributed by atoms with Crippen molar-refractivity contribution in [2.24, 2.45) is 0 Å². The maximum atomic E-state index is 13.5. The Balaban J connectivity index is 1.35. The molecule has 1 heterocycles. The predicted molar refractivity (Wildman–Crippen MR) is 144 cm³/mol. The number of Topliss-reactive ketones (excluding diaryl/α,β-unsaturated/α-hetero) is 1. The topological polar surface area (TPSA) is 72.9 Å². The summed E-state index contributed by atoms with van der Waals surface area (Å²) in [6, 6.07) is 19.0. The van der Waals surface area contributed by atoms with Gasteiger partial charge in [-0.05, 0) is 78.3 Å². The molecule has 6 nitrogen and oxygen atoms in total. The first-order valence-corrected chi connectivity index (χ1v) is 14.3. The molecule has 2 aliphatic rings. The molecule has 1 fully saturated rings. The van der Waals surface area contributed by atoms with Crippen LogP contribution in [0.3, 0.4) is 0 Å². The SMILES string of the molecule is CCCCN(C)S(=O)(=O)c1ccc(-c2cc(CC(=O)C3(c4ccc5c(c4)OCO5)CC3)ccc2C)cc1. The summed E-state index contributed by atoms with van der Waals surface area (Å²) in [6.07, 6.45) is 3.79. The Labute approximate surface area is 219 Å². The van der Waals surface area contributed by atoms with Crippen LogP contribution in [0.15, 0.2) is 65.6 Å². The highest BCUT2D eigenvalue weighted by atomic mass is 32.2. The smallest absolute Gasteiger partial charge is 0.242 e. The number of ether oxygens (including phenoxy) is 2. The third-order valence-electron chi connectivity index (χ3n) is 7.58. The molecule has 0 N–H and O–H groups in total. The zero-order valence-electron chi connectivity index (χ0n) is 21.6. The van der Waals surface area contributed by atoms with Crippen molar-refractivity contribution >= 4 is 15.8 Å². The largest absolute Gasteiger partial charge is 0.454 e. The van der Waals surface area contributed by atoms with Gasteiger partial charge in [0.25, 0.3) is 0 Å². The van der Waals surface area contributed by atoms with Gasteiger partial charge in [0, 0.05) is 20.0 Å².